The Bertz CT molecular complexity index is 1100. The van der Waals surface area contributed by atoms with Gasteiger partial charge in [-0.2, -0.15) is 0 Å². The summed E-state index contributed by atoms with van der Waals surface area (Å²) in [6, 6.07) is 17.9. The van der Waals surface area contributed by atoms with E-state index in [1.807, 2.05) is 17.0 Å². The predicted octanol–water partition coefficient (Wildman–Crippen LogP) is 5.99. The van der Waals surface area contributed by atoms with Crippen LogP contribution >= 0.6 is 23.2 Å². The first-order valence-corrected chi connectivity index (χ1v) is 11.7. The molecule has 0 aliphatic carbocycles. The van der Waals surface area contributed by atoms with Gasteiger partial charge in [0.05, 0.1) is 12.7 Å². The van der Waals surface area contributed by atoms with Gasteiger partial charge in [-0.25, -0.2) is 8.78 Å². The monoisotopic (exact) mass is 504 g/mol. The van der Waals surface area contributed by atoms with Crippen LogP contribution in [0.15, 0.2) is 66.7 Å². The van der Waals surface area contributed by atoms with Gasteiger partial charge in [0, 0.05) is 53.9 Å². The summed E-state index contributed by atoms with van der Waals surface area (Å²) in [5.41, 5.74) is 1.37. The third-order valence-corrected chi connectivity index (χ3v) is 6.41. The molecule has 8 heteroatoms. The molecule has 1 heterocycles. The zero-order valence-corrected chi connectivity index (χ0v) is 19.9. The third kappa shape index (κ3) is 6.13. The third-order valence-electron chi connectivity index (χ3n) is 5.91. The van der Waals surface area contributed by atoms with Gasteiger partial charge in [-0.1, -0.05) is 41.4 Å². The van der Waals surface area contributed by atoms with E-state index in [0.29, 0.717) is 48.3 Å². The summed E-state index contributed by atoms with van der Waals surface area (Å²) in [5.74, 6) is -1.30. The van der Waals surface area contributed by atoms with Crippen LogP contribution in [0.5, 0.6) is 0 Å². The molecule has 0 saturated carbocycles. The highest BCUT2D eigenvalue weighted by atomic mass is 35.5. The molecule has 1 amide bonds. The summed E-state index contributed by atoms with van der Waals surface area (Å²) in [5, 5.41) is 1.18. The van der Waals surface area contributed by atoms with Crippen LogP contribution in [0, 0.1) is 11.6 Å². The first-order valence-electron chi connectivity index (χ1n) is 11.0. The SMILES string of the molecule is O=C(c1ccc(Cl)cc1)N1CCN(CC(OCc2c(F)cccc2F)c2ccc(Cl)cc2)CC1. The standard InChI is InChI=1S/C26H24Cl2F2N2O2/c27-20-8-4-18(5-9-20)25(34-17-22-23(29)2-1-3-24(22)30)16-31-12-14-32(15-13-31)26(33)19-6-10-21(28)11-7-19/h1-11,25H,12-17H2. The van der Waals surface area contributed by atoms with Crippen LogP contribution in [0.1, 0.15) is 27.6 Å². The topological polar surface area (TPSA) is 32.8 Å². The Morgan fingerprint density at radius 1 is 0.853 bits per heavy atom. The maximum atomic E-state index is 14.1. The van der Waals surface area contributed by atoms with Crippen molar-refractivity contribution in [2.75, 3.05) is 32.7 Å². The summed E-state index contributed by atoms with van der Waals surface area (Å²) >= 11 is 12.0. The number of hydrogen-bond donors (Lipinski definition) is 0. The fourth-order valence-electron chi connectivity index (χ4n) is 3.93. The molecule has 1 saturated heterocycles. The minimum absolute atomic E-state index is 0.0307. The Balaban J connectivity index is 1.41. The first kappa shape index (κ1) is 24.6. The summed E-state index contributed by atoms with van der Waals surface area (Å²) in [7, 11) is 0. The van der Waals surface area contributed by atoms with Crippen molar-refractivity contribution in [3.8, 4) is 0 Å². The number of ether oxygens (including phenoxy) is 1. The normalized spacial score (nSPS) is 15.4. The average molecular weight is 505 g/mol. The summed E-state index contributed by atoms with van der Waals surface area (Å²) < 4.78 is 34.2. The number of carbonyl (C=O) groups is 1. The van der Waals surface area contributed by atoms with E-state index >= 15 is 0 Å². The van der Waals surface area contributed by atoms with Crippen molar-refractivity contribution in [2.24, 2.45) is 0 Å². The fraction of sp³-hybridized carbons (Fsp3) is 0.269. The molecule has 1 unspecified atom stereocenters. The molecule has 0 N–H and O–H groups in total. The van der Waals surface area contributed by atoms with Crippen LogP contribution in [-0.2, 0) is 11.3 Å². The van der Waals surface area contributed by atoms with Gasteiger partial charge in [0.2, 0.25) is 0 Å². The molecule has 0 spiro atoms. The van der Waals surface area contributed by atoms with Crippen molar-refractivity contribution in [1.82, 2.24) is 9.80 Å². The van der Waals surface area contributed by atoms with Gasteiger partial charge in [-0.3, -0.25) is 9.69 Å². The molecule has 1 atom stereocenters. The van der Waals surface area contributed by atoms with Crippen molar-refractivity contribution in [2.45, 2.75) is 12.7 Å². The Labute approximate surface area is 207 Å². The highest BCUT2D eigenvalue weighted by Gasteiger charge is 2.25. The van der Waals surface area contributed by atoms with E-state index in [1.165, 1.54) is 18.2 Å². The molecule has 4 nitrogen and oxygen atoms in total. The van der Waals surface area contributed by atoms with Crippen molar-refractivity contribution >= 4 is 29.1 Å². The Morgan fingerprint density at radius 2 is 1.41 bits per heavy atom. The molecule has 0 aromatic heterocycles. The van der Waals surface area contributed by atoms with Crippen molar-refractivity contribution < 1.29 is 18.3 Å². The Morgan fingerprint density at radius 3 is 2.00 bits per heavy atom. The lowest BCUT2D eigenvalue weighted by atomic mass is 10.1. The number of benzene rings is 3. The van der Waals surface area contributed by atoms with E-state index in [4.69, 9.17) is 27.9 Å². The van der Waals surface area contributed by atoms with Gasteiger partial charge in [0.25, 0.3) is 5.91 Å². The molecular formula is C26H24Cl2F2N2O2. The van der Waals surface area contributed by atoms with Crippen LogP contribution in [0.3, 0.4) is 0 Å². The van der Waals surface area contributed by atoms with Crippen LogP contribution in [-0.4, -0.2) is 48.4 Å². The summed E-state index contributed by atoms with van der Waals surface area (Å²) in [6.07, 6.45) is -0.421. The van der Waals surface area contributed by atoms with Gasteiger partial charge in [0.15, 0.2) is 0 Å². The van der Waals surface area contributed by atoms with Gasteiger partial charge in [-0.05, 0) is 54.1 Å². The molecule has 1 aliphatic heterocycles. The quantitative estimate of drug-likeness (QED) is 0.396. The van der Waals surface area contributed by atoms with Crippen LogP contribution in [0.4, 0.5) is 8.78 Å². The maximum Gasteiger partial charge on any atom is 0.253 e. The zero-order valence-electron chi connectivity index (χ0n) is 18.4. The molecule has 3 aromatic carbocycles. The van der Waals surface area contributed by atoms with Gasteiger partial charge in [-0.15, -0.1) is 0 Å². The highest BCUT2D eigenvalue weighted by Crippen LogP contribution is 2.25. The van der Waals surface area contributed by atoms with E-state index in [0.717, 1.165) is 5.56 Å². The molecule has 0 bridgehead atoms. The molecule has 1 aliphatic rings. The van der Waals surface area contributed by atoms with E-state index in [1.54, 1.807) is 36.4 Å². The number of rotatable bonds is 7. The molecule has 0 radical (unpaired) electrons. The summed E-state index contributed by atoms with van der Waals surface area (Å²) in [6.45, 7) is 2.76. The van der Waals surface area contributed by atoms with Gasteiger partial charge >= 0.3 is 0 Å². The number of carbonyl (C=O) groups excluding carboxylic acids is 1. The second-order valence-corrected chi connectivity index (χ2v) is 9.02. The van der Waals surface area contributed by atoms with Crippen molar-refractivity contribution in [3.05, 3.63) is 105 Å². The summed E-state index contributed by atoms with van der Waals surface area (Å²) in [4.78, 5) is 16.8. The second kappa shape index (κ2) is 11.3. The predicted molar refractivity (Wildman–Crippen MR) is 129 cm³/mol. The number of amides is 1. The van der Waals surface area contributed by atoms with Crippen LogP contribution < -0.4 is 0 Å². The number of nitrogens with zero attached hydrogens (tertiary/aromatic N) is 2. The fourth-order valence-corrected chi connectivity index (χ4v) is 4.18. The minimum Gasteiger partial charge on any atom is -0.367 e. The maximum absolute atomic E-state index is 14.1. The molecule has 178 valence electrons. The lowest BCUT2D eigenvalue weighted by molar-refractivity contribution is 0.00145. The number of piperazine rings is 1. The lowest BCUT2D eigenvalue weighted by Gasteiger charge is -2.36. The van der Waals surface area contributed by atoms with Crippen molar-refractivity contribution in [1.29, 1.82) is 0 Å². The largest absolute Gasteiger partial charge is 0.367 e. The smallest absolute Gasteiger partial charge is 0.253 e. The molecular weight excluding hydrogens is 481 g/mol. The van der Waals surface area contributed by atoms with Crippen molar-refractivity contribution in [3.63, 3.8) is 0 Å². The first-order chi connectivity index (χ1) is 16.4. The molecule has 1 fully saturated rings. The lowest BCUT2D eigenvalue weighted by Crippen LogP contribution is -2.49. The second-order valence-electron chi connectivity index (χ2n) is 8.15. The van der Waals surface area contributed by atoms with Crippen LogP contribution in [0.2, 0.25) is 10.0 Å². The van der Waals surface area contributed by atoms with Crippen LogP contribution in [0.25, 0.3) is 0 Å². The average Bonchev–Trinajstić information content (AvgIpc) is 2.84. The molecule has 3 aromatic rings. The van der Waals surface area contributed by atoms with E-state index < -0.39 is 17.7 Å². The van der Waals surface area contributed by atoms with Gasteiger partial charge in [0.1, 0.15) is 11.6 Å². The highest BCUT2D eigenvalue weighted by molar-refractivity contribution is 6.30. The number of hydrogen-bond acceptors (Lipinski definition) is 3. The van der Waals surface area contributed by atoms with Gasteiger partial charge < -0.3 is 9.64 Å². The zero-order chi connectivity index (χ0) is 24.1. The van der Waals surface area contributed by atoms with E-state index in [2.05, 4.69) is 4.90 Å². The van der Waals surface area contributed by atoms with E-state index in [9.17, 15) is 13.6 Å². The molecule has 34 heavy (non-hydrogen) atoms. The minimum atomic E-state index is -0.635. The Hall–Kier alpha value is -2.51. The number of halogens is 4. The van der Waals surface area contributed by atoms with E-state index in [-0.39, 0.29) is 18.1 Å². The Kier molecular flexibility index (Phi) is 8.16. The molecule has 4 rings (SSSR count).